The normalized spacial score (nSPS) is 27.8. The van der Waals surface area contributed by atoms with Gasteiger partial charge in [0.05, 0.1) is 13.7 Å². The minimum Gasteiger partial charge on any atom is -0.468 e. The van der Waals surface area contributed by atoms with Gasteiger partial charge in [0, 0.05) is 13.7 Å². The van der Waals surface area contributed by atoms with Gasteiger partial charge in [-0.05, 0) is 24.7 Å². The van der Waals surface area contributed by atoms with E-state index < -0.39 is 5.54 Å². The third-order valence-electron chi connectivity index (χ3n) is 3.58. The van der Waals surface area contributed by atoms with E-state index in [1.165, 1.54) is 7.11 Å². The van der Waals surface area contributed by atoms with Crippen molar-refractivity contribution < 1.29 is 14.3 Å². The fraction of sp³-hybridized carbons (Fsp3) is 0.923. The zero-order valence-electron chi connectivity index (χ0n) is 11.5. The molecule has 1 atom stereocenters. The number of carbonyl (C=O) groups is 1. The van der Waals surface area contributed by atoms with E-state index in [1.807, 2.05) is 0 Å². The van der Waals surface area contributed by atoms with E-state index in [1.54, 1.807) is 7.11 Å². The van der Waals surface area contributed by atoms with Crippen LogP contribution in [-0.2, 0) is 14.3 Å². The second-order valence-corrected chi connectivity index (χ2v) is 5.69. The van der Waals surface area contributed by atoms with Gasteiger partial charge in [0.2, 0.25) is 0 Å². The Kier molecular flexibility index (Phi) is 4.95. The molecular weight excluding hydrogens is 218 g/mol. The maximum atomic E-state index is 12.0. The first kappa shape index (κ1) is 14.5. The Bertz CT molecular complexity index is 265. The number of hydrogen-bond donors (Lipinski definition) is 1. The van der Waals surface area contributed by atoms with Crippen LogP contribution in [0.2, 0.25) is 0 Å². The van der Waals surface area contributed by atoms with Gasteiger partial charge in [0.15, 0.2) is 0 Å². The fourth-order valence-electron chi connectivity index (χ4n) is 2.85. The summed E-state index contributed by atoms with van der Waals surface area (Å²) in [6.07, 6.45) is 3.91. The van der Waals surface area contributed by atoms with Crippen molar-refractivity contribution in [2.75, 3.05) is 27.4 Å². The van der Waals surface area contributed by atoms with E-state index in [4.69, 9.17) is 9.47 Å². The molecule has 4 nitrogen and oxygen atoms in total. The van der Waals surface area contributed by atoms with Crippen molar-refractivity contribution in [3.05, 3.63) is 0 Å². The lowest BCUT2D eigenvalue weighted by Gasteiger charge is -2.43. The van der Waals surface area contributed by atoms with E-state index in [0.29, 0.717) is 13.2 Å². The zero-order valence-corrected chi connectivity index (χ0v) is 11.5. The molecule has 1 unspecified atom stereocenters. The molecule has 1 N–H and O–H groups in total. The van der Waals surface area contributed by atoms with Crippen molar-refractivity contribution in [2.45, 2.75) is 45.1 Å². The highest BCUT2D eigenvalue weighted by atomic mass is 16.5. The van der Waals surface area contributed by atoms with Crippen molar-refractivity contribution >= 4 is 5.97 Å². The molecule has 1 saturated carbocycles. The van der Waals surface area contributed by atoms with Crippen molar-refractivity contribution in [3.8, 4) is 0 Å². The standard InChI is InChI=1S/C13H25NO3/c1-12(2)6-5-7-13(10-12,11(15)17-4)14-8-9-16-3/h14H,5-10H2,1-4H3. The van der Waals surface area contributed by atoms with Crippen LogP contribution in [0.4, 0.5) is 0 Å². The molecule has 1 aliphatic rings. The number of esters is 1. The lowest BCUT2D eigenvalue weighted by Crippen LogP contribution is -2.57. The largest absolute Gasteiger partial charge is 0.468 e. The van der Waals surface area contributed by atoms with Crippen molar-refractivity contribution in [1.29, 1.82) is 0 Å². The van der Waals surface area contributed by atoms with Gasteiger partial charge in [0.25, 0.3) is 0 Å². The molecule has 1 fully saturated rings. The first-order chi connectivity index (χ1) is 7.96. The summed E-state index contributed by atoms with van der Waals surface area (Å²) >= 11 is 0. The van der Waals surface area contributed by atoms with Crippen LogP contribution in [0.5, 0.6) is 0 Å². The first-order valence-electron chi connectivity index (χ1n) is 6.28. The Morgan fingerprint density at radius 1 is 1.29 bits per heavy atom. The average Bonchev–Trinajstić information content (AvgIpc) is 2.27. The van der Waals surface area contributed by atoms with E-state index in [-0.39, 0.29) is 11.4 Å². The summed E-state index contributed by atoms with van der Waals surface area (Å²) in [5, 5.41) is 3.34. The smallest absolute Gasteiger partial charge is 0.326 e. The molecule has 0 aliphatic heterocycles. The Morgan fingerprint density at radius 2 is 2.00 bits per heavy atom. The van der Waals surface area contributed by atoms with Crippen LogP contribution in [0.1, 0.15) is 39.5 Å². The van der Waals surface area contributed by atoms with Crippen molar-refractivity contribution in [1.82, 2.24) is 5.32 Å². The summed E-state index contributed by atoms with van der Waals surface area (Å²) in [6.45, 7) is 5.71. The molecular formula is C13H25NO3. The van der Waals surface area contributed by atoms with E-state index >= 15 is 0 Å². The summed E-state index contributed by atoms with van der Waals surface area (Å²) < 4.78 is 10.0. The van der Waals surface area contributed by atoms with Crippen LogP contribution < -0.4 is 5.32 Å². The maximum Gasteiger partial charge on any atom is 0.326 e. The minimum absolute atomic E-state index is 0.138. The highest BCUT2D eigenvalue weighted by Crippen LogP contribution is 2.41. The molecule has 0 amide bonds. The van der Waals surface area contributed by atoms with Crippen LogP contribution in [0.15, 0.2) is 0 Å². The predicted octanol–water partition coefficient (Wildman–Crippen LogP) is 1.73. The number of hydrogen-bond acceptors (Lipinski definition) is 4. The van der Waals surface area contributed by atoms with Gasteiger partial charge in [-0.15, -0.1) is 0 Å². The minimum atomic E-state index is -0.519. The van der Waals surface area contributed by atoms with E-state index in [2.05, 4.69) is 19.2 Å². The Hall–Kier alpha value is -0.610. The summed E-state index contributed by atoms with van der Waals surface area (Å²) in [5.41, 5.74) is -0.332. The number of methoxy groups -OCH3 is 2. The fourth-order valence-corrected chi connectivity index (χ4v) is 2.85. The molecule has 0 aromatic heterocycles. The van der Waals surface area contributed by atoms with Gasteiger partial charge in [-0.3, -0.25) is 10.1 Å². The van der Waals surface area contributed by atoms with Crippen molar-refractivity contribution in [3.63, 3.8) is 0 Å². The van der Waals surface area contributed by atoms with Gasteiger partial charge in [-0.2, -0.15) is 0 Å². The summed E-state index contributed by atoms with van der Waals surface area (Å²) in [4.78, 5) is 12.0. The molecule has 0 radical (unpaired) electrons. The third-order valence-corrected chi connectivity index (χ3v) is 3.58. The SMILES string of the molecule is COCCNC1(C(=O)OC)CCCC(C)(C)C1. The second-order valence-electron chi connectivity index (χ2n) is 5.69. The zero-order chi connectivity index (χ0) is 12.9. The molecule has 0 aromatic carbocycles. The lowest BCUT2D eigenvalue weighted by atomic mass is 9.68. The van der Waals surface area contributed by atoms with Gasteiger partial charge in [-0.25, -0.2) is 0 Å². The molecule has 0 heterocycles. The van der Waals surface area contributed by atoms with Gasteiger partial charge in [0.1, 0.15) is 5.54 Å². The Balaban J connectivity index is 2.74. The van der Waals surface area contributed by atoms with Crippen molar-refractivity contribution in [2.24, 2.45) is 5.41 Å². The Morgan fingerprint density at radius 3 is 2.53 bits per heavy atom. The Labute approximate surface area is 104 Å². The second kappa shape index (κ2) is 5.83. The molecule has 0 saturated heterocycles. The quantitative estimate of drug-likeness (QED) is 0.590. The lowest BCUT2D eigenvalue weighted by molar-refractivity contribution is -0.152. The summed E-state index contributed by atoms with van der Waals surface area (Å²) in [6, 6.07) is 0. The van der Waals surface area contributed by atoms with Crippen LogP contribution in [0, 0.1) is 5.41 Å². The van der Waals surface area contributed by atoms with Crippen LogP contribution >= 0.6 is 0 Å². The molecule has 100 valence electrons. The monoisotopic (exact) mass is 243 g/mol. The first-order valence-corrected chi connectivity index (χ1v) is 6.28. The summed E-state index contributed by atoms with van der Waals surface area (Å²) in [7, 11) is 3.13. The molecule has 1 aliphatic carbocycles. The highest BCUT2D eigenvalue weighted by Gasteiger charge is 2.46. The summed E-state index contributed by atoms with van der Waals surface area (Å²) in [5.74, 6) is -0.138. The van der Waals surface area contributed by atoms with Crippen LogP contribution in [-0.4, -0.2) is 38.9 Å². The maximum absolute atomic E-state index is 12.0. The highest BCUT2D eigenvalue weighted by molar-refractivity contribution is 5.81. The topological polar surface area (TPSA) is 47.6 Å². The van der Waals surface area contributed by atoms with Crippen LogP contribution in [0.3, 0.4) is 0 Å². The molecule has 4 heteroatoms. The van der Waals surface area contributed by atoms with Gasteiger partial charge >= 0.3 is 5.97 Å². The number of nitrogens with one attached hydrogen (secondary N) is 1. The molecule has 0 bridgehead atoms. The number of carbonyl (C=O) groups excluding carboxylic acids is 1. The molecule has 0 aromatic rings. The van der Waals surface area contributed by atoms with Gasteiger partial charge < -0.3 is 9.47 Å². The third kappa shape index (κ3) is 3.68. The molecule has 17 heavy (non-hydrogen) atoms. The number of ether oxygens (including phenoxy) is 2. The predicted molar refractivity (Wildman–Crippen MR) is 66.9 cm³/mol. The molecule has 1 rings (SSSR count). The average molecular weight is 243 g/mol. The van der Waals surface area contributed by atoms with Gasteiger partial charge in [-0.1, -0.05) is 20.3 Å². The molecule has 0 spiro atoms. The van der Waals surface area contributed by atoms with E-state index in [9.17, 15) is 4.79 Å². The number of rotatable bonds is 5. The van der Waals surface area contributed by atoms with E-state index in [0.717, 1.165) is 25.7 Å². The van der Waals surface area contributed by atoms with Crippen LogP contribution in [0.25, 0.3) is 0 Å².